The molecule has 0 radical (unpaired) electrons. The Labute approximate surface area is 87.9 Å². The molecule has 0 heterocycles. The summed E-state index contributed by atoms with van der Waals surface area (Å²) < 4.78 is 38.8. The average molecular weight is 223 g/mol. The minimum absolute atomic E-state index is 0. The molecule has 0 atom stereocenters. The molecule has 0 spiro atoms. The highest BCUT2D eigenvalue weighted by Gasteiger charge is 2.31. The first-order valence-electron chi connectivity index (χ1n) is 3.50. The Bertz CT molecular complexity index is 310. The highest BCUT2D eigenvalue weighted by atomic mass is 19.4. The van der Waals surface area contributed by atoms with Crippen LogP contribution < -0.4 is 10.5 Å². The molecular weight excluding hydrogens is 207 g/mol. The van der Waals surface area contributed by atoms with Crippen molar-refractivity contribution in [1.29, 1.82) is 0 Å². The number of alkyl halides is 3. The molecule has 0 aliphatic carbocycles. The molecule has 0 aliphatic heterocycles. The quantitative estimate of drug-likeness (QED) is 0.736. The van der Waals surface area contributed by atoms with Crippen molar-refractivity contribution >= 4 is 5.69 Å². The van der Waals surface area contributed by atoms with Crippen LogP contribution in [0.1, 0.15) is 20.4 Å². The Kier molecular flexibility index (Phi) is 5.87. The van der Waals surface area contributed by atoms with Crippen LogP contribution in [0.5, 0.6) is 5.75 Å². The molecule has 1 aromatic rings. The van der Waals surface area contributed by atoms with Crippen LogP contribution in [0.15, 0.2) is 18.2 Å². The van der Waals surface area contributed by atoms with Gasteiger partial charge in [0, 0.05) is 5.69 Å². The first kappa shape index (κ1) is 16.1. The van der Waals surface area contributed by atoms with Crippen LogP contribution in [0.2, 0.25) is 0 Å². The van der Waals surface area contributed by atoms with Crippen molar-refractivity contribution in [3.8, 4) is 5.75 Å². The van der Waals surface area contributed by atoms with E-state index >= 15 is 0 Å². The monoisotopic (exact) mass is 223 g/mol. The number of nitrogen functional groups attached to an aromatic ring is 1. The van der Waals surface area contributed by atoms with E-state index in [1.807, 2.05) is 0 Å². The van der Waals surface area contributed by atoms with Crippen molar-refractivity contribution < 1.29 is 17.9 Å². The first-order chi connectivity index (χ1) is 5.88. The lowest BCUT2D eigenvalue weighted by Crippen LogP contribution is -2.17. The Morgan fingerprint density at radius 2 is 1.73 bits per heavy atom. The summed E-state index contributed by atoms with van der Waals surface area (Å²) in [4.78, 5) is 0. The van der Waals surface area contributed by atoms with Crippen LogP contribution >= 0.6 is 0 Å². The van der Waals surface area contributed by atoms with Crippen molar-refractivity contribution in [2.75, 3.05) is 5.73 Å². The third kappa shape index (κ3) is 5.15. The molecule has 2 nitrogen and oxygen atoms in total. The lowest BCUT2D eigenvalue weighted by molar-refractivity contribution is -0.274. The van der Waals surface area contributed by atoms with Crippen molar-refractivity contribution in [1.82, 2.24) is 0 Å². The molecule has 15 heavy (non-hydrogen) atoms. The Balaban J connectivity index is 0. The Morgan fingerprint density at radius 3 is 2.13 bits per heavy atom. The van der Waals surface area contributed by atoms with Crippen LogP contribution in [0.3, 0.4) is 0 Å². The van der Waals surface area contributed by atoms with Gasteiger partial charge in [-0.2, -0.15) is 0 Å². The number of hydrogen-bond donors (Lipinski definition) is 1. The summed E-state index contributed by atoms with van der Waals surface area (Å²) in [5, 5.41) is 0. The van der Waals surface area contributed by atoms with Gasteiger partial charge in [0.2, 0.25) is 0 Å². The van der Waals surface area contributed by atoms with Gasteiger partial charge in [-0.25, -0.2) is 0 Å². The van der Waals surface area contributed by atoms with E-state index in [0.717, 1.165) is 0 Å². The third-order valence-electron chi connectivity index (χ3n) is 1.47. The molecule has 2 N–H and O–H groups in total. The van der Waals surface area contributed by atoms with Crippen LogP contribution in [-0.2, 0) is 0 Å². The zero-order valence-corrected chi connectivity index (χ0v) is 6.85. The second-order valence-corrected chi connectivity index (χ2v) is 2.57. The summed E-state index contributed by atoms with van der Waals surface area (Å²) >= 11 is 0. The van der Waals surface area contributed by atoms with Gasteiger partial charge < -0.3 is 10.5 Å². The fraction of sp³-hybridized carbons (Fsp3) is 0.400. The highest BCUT2D eigenvalue weighted by molar-refractivity contribution is 5.49. The molecule has 1 aromatic carbocycles. The van der Waals surface area contributed by atoms with Gasteiger partial charge in [-0.1, -0.05) is 14.9 Å². The maximum Gasteiger partial charge on any atom is 0.573 e. The molecule has 0 saturated carbocycles. The van der Waals surface area contributed by atoms with Crippen LogP contribution in [0.25, 0.3) is 0 Å². The number of hydrogen-bond acceptors (Lipinski definition) is 2. The zero-order valence-electron chi connectivity index (χ0n) is 6.85. The van der Waals surface area contributed by atoms with Crippen LogP contribution in [0.4, 0.5) is 18.9 Å². The lowest BCUT2D eigenvalue weighted by atomic mass is 10.2. The molecular formula is C10H16F3NO. The minimum Gasteiger partial charge on any atom is -0.406 e. The van der Waals surface area contributed by atoms with E-state index in [1.54, 1.807) is 6.92 Å². The lowest BCUT2D eigenvalue weighted by Gasteiger charge is -2.09. The zero-order chi connectivity index (χ0) is 10.1. The second kappa shape index (κ2) is 5.48. The van der Waals surface area contributed by atoms with E-state index in [-0.39, 0.29) is 20.6 Å². The fourth-order valence-corrected chi connectivity index (χ4v) is 0.845. The van der Waals surface area contributed by atoms with Gasteiger partial charge in [0.05, 0.1) is 0 Å². The predicted molar refractivity (Wildman–Crippen MR) is 55.7 cm³/mol. The minimum atomic E-state index is -4.65. The van der Waals surface area contributed by atoms with Gasteiger partial charge in [0.15, 0.2) is 0 Å². The topological polar surface area (TPSA) is 35.2 Å². The molecule has 5 heteroatoms. The molecule has 0 amide bonds. The highest BCUT2D eigenvalue weighted by Crippen LogP contribution is 2.25. The van der Waals surface area contributed by atoms with Gasteiger partial charge in [0.25, 0.3) is 0 Å². The number of anilines is 1. The van der Waals surface area contributed by atoms with Gasteiger partial charge in [-0.15, -0.1) is 13.2 Å². The number of aryl methyl sites for hydroxylation is 1. The molecule has 0 aliphatic rings. The molecule has 0 aromatic heterocycles. The Morgan fingerprint density at radius 1 is 1.20 bits per heavy atom. The van der Waals surface area contributed by atoms with E-state index in [1.165, 1.54) is 18.2 Å². The van der Waals surface area contributed by atoms with E-state index in [9.17, 15) is 13.2 Å². The average Bonchev–Trinajstić information content (AvgIpc) is 1.94. The summed E-state index contributed by atoms with van der Waals surface area (Å²) in [5.74, 6) is -0.251. The fourth-order valence-electron chi connectivity index (χ4n) is 0.845. The maximum absolute atomic E-state index is 11.7. The van der Waals surface area contributed by atoms with Crippen LogP contribution in [-0.4, -0.2) is 6.36 Å². The van der Waals surface area contributed by atoms with Gasteiger partial charge in [-0.05, 0) is 30.7 Å². The Hall–Kier alpha value is -1.39. The van der Waals surface area contributed by atoms with E-state index < -0.39 is 6.36 Å². The first-order valence-corrected chi connectivity index (χ1v) is 3.50. The largest absolute Gasteiger partial charge is 0.573 e. The maximum atomic E-state index is 11.7. The molecule has 0 bridgehead atoms. The van der Waals surface area contributed by atoms with E-state index in [2.05, 4.69) is 4.74 Å². The standard InChI is InChI=1S/C8H8F3NO.2CH4/c1-5-4-6(2-3-7(5)12)13-8(9,10)11;;/h2-4H,12H2,1H3;2*1H4. The van der Waals surface area contributed by atoms with Crippen LogP contribution in [0, 0.1) is 6.92 Å². The predicted octanol–water partition coefficient (Wildman–Crippen LogP) is 3.75. The normalized spacial score (nSPS) is 9.87. The summed E-state index contributed by atoms with van der Waals surface area (Å²) in [6.07, 6.45) is -4.65. The molecule has 0 fully saturated rings. The van der Waals surface area contributed by atoms with Crippen molar-refractivity contribution in [2.45, 2.75) is 28.1 Å². The van der Waals surface area contributed by atoms with Gasteiger partial charge in [0.1, 0.15) is 5.75 Å². The summed E-state index contributed by atoms with van der Waals surface area (Å²) in [5.41, 5.74) is 6.41. The number of rotatable bonds is 1. The second-order valence-electron chi connectivity index (χ2n) is 2.57. The van der Waals surface area contributed by atoms with Gasteiger partial charge in [-0.3, -0.25) is 0 Å². The summed E-state index contributed by atoms with van der Waals surface area (Å²) in [7, 11) is 0. The number of benzene rings is 1. The number of nitrogens with two attached hydrogens (primary N) is 1. The molecule has 0 saturated heterocycles. The summed E-state index contributed by atoms with van der Waals surface area (Å²) in [6.45, 7) is 1.61. The summed E-state index contributed by atoms with van der Waals surface area (Å²) in [6, 6.07) is 3.79. The van der Waals surface area contributed by atoms with Crippen molar-refractivity contribution in [2.24, 2.45) is 0 Å². The smallest absolute Gasteiger partial charge is 0.406 e. The number of ether oxygens (including phenoxy) is 1. The van der Waals surface area contributed by atoms with E-state index in [4.69, 9.17) is 5.73 Å². The van der Waals surface area contributed by atoms with Crippen molar-refractivity contribution in [3.05, 3.63) is 23.8 Å². The van der Waals surface area contributed by atoms with Crippen molar-refractivity contribution in [3.63, 3.8) is 0 Å². The van der Waals surface area contributed by atoms with E-state index in [0.29, 0.717) is 11.3 Å². The molecule has 0 unspecified atom stereocenters. The molecule has 88 valence electrons. The number of halogens is 3. The van der Waals surface area contributed by atoms with Gasteiger partial charge >= 0.3 is 6.36 Å². The third-order valence-corrected chi connectivity index (χ3v) is 1.47. The molecule has 1 rings (SSSR count). The SMILES string of the molecule is C.C.Cc1cc(OC(F)(F)F)ccc1N.